The van der Waals surface area contributed by atoms with E-state index in [1.54, 1.807) is 0 Å². The van der Waals surface area contributed by atoms with Crippen LogP contribution < -0.4 is 5.56 Å². The van der Waals surface area contributed by atoms with Gasteiger partial charge in [-0.1, -0.05) is 18.2 Å². The van der Waals surface area contributed by atoms with Crippen molar-refractivity contribution in [3.63, 3.8) is 0 Å². The summed E-state index contributed by atoms with van der Waals surface area (Å²) in [5, 5.41) is 1.26. The van der Waals surface area contributed by atoms with Gasteiger partial charge in [-0.3, -0.25) is 9.69 Å². The lowest BCUT2D eigenvalue weighted by Crippen LogP contribution is -2.47. The minimum Gasteiger partial charge on any atom is -0.361 e. The highest BCUT2D eigenvalue weighted by molar-refractivity contribution is 5.79. The van der Waals surface area contributed by atoms with Gasteiger partial charge in [0, 0.05) is 61.6 Å². The lowest BCUT2D eigenvalue weighted by molar-refractivity contribution is 0.114. The van der Waals surface area contributed by atoms with Crippen molar-refractivity contribution in [3.8, 4) is 0 Å². The normalized spacial score (nSPS) is 22.0. The van der Waals surface area contributed by atoms with Crippen LogP contribution in [0.4, 0.5) is 0 Å². The van der Waals surface area contributed by atoms with Crippen molar-refractivity contribution in [2.75, 3.05) is 27.2 Å². The SMILES string of the molecule is CN(C)Cc1ccc2n(c1=O)C[C@H]1C[C@@H]2CN(Cc2ccc3cc[nH]c3c2)C1. The van der Waals surface area contributed by atoms with Crippen LogP contribution in [0.15, 0.2) is 47.4 Å². The van der Waals surface area contributed by atoms with Crippen LogP contribution in [0, 0.1) is 5.92 Å². The summed E-state index contributed by atoms with van der Waals surface area (Å²) in [6.45, 7) is 4.65. The van der Waals surface area contributed by atoms with E-state index in [1.165, 1.54) is 28.6 Å². The van der Waals surface area contributed by atoms with E-state index in [0.29, 0.717) is 18.4 Å². The number of H-pyrrole nitrogens is 1. The van der Waals surface area contributed by atoms with Crippen molar-refractivity contribution >= 4 is 10.9 Å². The Kier molecular flexibility index (Phi) is 4.37. The molecule has 2 atom stereocenters. The summed E-state index contributed by atoms with van der Waals surface area (Å²) in [4.78, 5) is 20.9. The van der Waals surface area contributed by atoms with Crippen LogP contribution in [0.25, 0.3) is 10.9 Å². The topological polar surface area (TPSA) is 44.3 Å². The van der Waals surface area contributed by atoms with E-state index in [0.717, 1.165) is 31.7 Å². The molecule has 1 N–H and O–H groups in total. The van der Waals surface area contributed by atoms with E-state index in [4.69, 9.17) is 0 Å². The van der Waals surface area contributed by atoms with Crippen molar-refractivity contribution in [2.24, 2.45) is 5.92 Å². The summed E-state index contributed by atoms with van der Waals surface area (Å²) in [6.07, 6.45) is 3.21. The number of hydrogen-bond acceptors (Lipinski definition) is 3. The van der Waals surface area contributed by atoms with Crippen LogP contribution >= 0.6 is 0 Å². The summed E-state index contributed by atoms with van der Waals surface area (Å²) in [7, 11) is 4.03. The van der Waals surface area contributed by atoms with Crippen LogP contribution in [-0.2, 0) is 19.6 Å². The summed E-state index contributed by atoms with van der Waals surface area (Å²) in [6, 6.07) is 13.1. The number of nitrogens with zero attached hydrogens (tertiary/aromatic N) is 3. The maximum atomic E-state index is 13.0. The molecule has 0 unspecified atom stereocenters. The smallest absolute Gasteiger partial charge is 0.255 e. The fraction of sp³-hybridized carbons (Fsp3) is 0.435. The van der Waals surface area contributed by atoms with Crippen molar-refractivity contribution in [1.29, 1.82) is 0 Å². The lowest BCUT2D eigenvalue weighted by atomic mass is 9.82. The second kappa shape index (κ2) is 6.90. The summed E-state index contributed by atoms with van der Waals surface area (Å²) in [5.41, 5.74) is 4.92. The third-order valence-electron chi connectivity index (χ3n) is 6.27. The van der Waals surface area contributed by atoms with Gasteiger partial charge in [-0.15, -0.1) is 0 Å². The number of likely N-dealkylation sites (tertiary alicyclic amines) is 1. The van der Waals surface area contributed by atoms with Crippen molar-refractivity contribution in [2.45, 2.75) is 32.0 Å². The third-order valence-corrected chi connectivity index (χ3v) is 6.27. The molecule has 2 aliphatic rings. The number of nitrogens with one attached hydrogen (secondary N) is 1. The van der Waals surface area contributed by atoms with Gasteiger partial charge >= 0.3 is 0 Å². The molecule has 2 bridgehead atoms. The summed E-state index contributed by atoms with van der Waals surface area (Å²) in [5.74, 6) is 1.02. The molecule has 5 heteroatoms. The molecule has 0 amide bonds. The molecule has 1 aromatic carbocycles. The minimum absolute atomic E-state index is 0.214. The van der Waals surface area contributed by atoms with Crippen molar-refractivity contribution in [1.82, 2.24) is 19.4 Å². The molecule has 4 heterocycles. The monoisotopic (exact) mass is 376 g/mol. The predicted octanol–water partition coefficient (Wildman–Crippen LogP) is 3.01. The molecule has 146 valence electrons. The van der Waals surface area contributed by atoms with Gasteiger partial charge in [-0.05, 0) is 55.6 Å². The molecular weight excluding hydrogens is 348 g/mol. The van der Waals surface area contributed by atoms with E-state index in [1.807, 2.05) is 26.4 Å². The molecule has 1 saturated heterocycles. The van der Waals surface area contributed by atoms with Crippen molar-refractivity contribution < 1.29 is 0 Å². The maximum absolute atomic E-state index is 13.0. The van der Waals surface area contributed by atoms with Crippen LogP contribution in [-0.4, -0.2) is 46.5 Å². The fourth-order valence-electron chi connectivity index (χ4n) is 5.13. The van der Waals surface area contributed by atoms with Crippen LogP contribution in [0.1, 0.15) is 29.2 Å². The van der Waals surface area contributed by atoms with E-state index in [9.17, 15) is 4.79 Å². The molecule has 0 saturated carbocycles. The number of pyridine rings is 1. The minimum atomic E-state index is 0.214. The Balaban J connectivity index is 1.38. The lowest BCUT2D eigenvalue weighted by Gasteiger charge is -2.43. The summed E-state index contributed by atoms with van der Waals surface area (Å²) >= 11 is 0. The first-order valence-electron chi connectivity index (χ1n) is 10.2. The molecule has 1 fully saturated rings. The summed E-state index contributed by atoms with van der Waals surface area (Å²) < 4.78 is 2.07. The van der Waals surface area contributed by atoms with Gasteiger partial charge in [0.15, 0.2) is 0 Å². The molecular formula is C23H28N4O. The predicted molar refractivity (Wildman–Crippen MR) is 113 cm³/mol. The zero-order valence-corrected chi connectivity index (χ0v) is 16.7. The standard InChI is InChI=1S/C23H28N4O/c1-25(2)14-19-5-6-22-20-9-17(13-27(22)23(19)28)12-26(15-20)11-16-3-4-18-7-8-24-21(18)10-16/h3-8,10,17,20,24H,9,11-15H2,1-2H3/t17-,20+/m0/s1. The first-order valence-corrected chi connectivity index (χ1v) is 10.2. The quantitative estimate of drug-likeness (QED) is 0.761. The Bertz CT molecular complexity index is 1060. The highest BCUT2D eigenvalue weighted by atomic mass is 16.1. The van der Waals surface area contributed by atoms with Gasteiger partial charge in [0.25, 0.3) is 5.56 Å². The number of rotatable bonds is 4. The Labute approximate surface area is 165 Å². The average Bonchev–Trinajstić information content (AvgIpc) is 3.12. The molecule has 0 spiro atoms. The van der Waals surface area contributed by atoms with Crippen LogP contribution in [0.3, 0.4) is 0 Å². The number of aromatic nitrogens is 2. The molecule has 2 aromatic heterocycles. The molecule has 5 rings (SSSR count). The third kappa shape index (κ3) is 3.19. The van der Waals surface area contributed by atoms with E-state index < -0.39 is 0 Å². The van der Waals surface area contributed by atoms with Gasteiger partial charge in [0.2, 0.25) is 0 Å². The van der Waals surface area contributed by atoms with Crippen molar-refractivity contribution in [3.05, 3.63) is 69.8 Å². The van der Waals surface area contributed by atoms with Gasteiger partial charge < -0.3 is 14.5 Å². The van der Waals surface area contributed by atoms with E-state index in [-0.39, 0.29) is 5.56 Å². The molecule has 0 aliphatic carbocycles. The number of fused-ring (bicyclic) bond motifs is 5. The largest absolute Gasteiger partial charge is 0.361 e. The molecule has 3 aromatic rings. The number of piperidine rings is 1. The van der Waals surface area contributed by atoms with Gasteiger partial charge in [0.05, 0.1) is 0 Å². The first-order chi connectivity index (χ1) is 13.6. The molecule has 28 heavy (non-hydrogen) atoms. The Morgan fingerprint density at radius 3 is 2.86 bits per heavy atom. The zero-order chi connectivity index (χ0) is 19.3. The zero-order valence-electron chi connectivity index (χ0n) is 16.7. The van der Waals surface area contributed by atoms with E-state index >= 15 is 0 Å². The van der Waals surface area contributed by atoms with E-state index in [2.05, 4.69) is 49.7 Å². The van der Waals surface area contributed by atoms with Gasteiger partial charge in [-0.2, -0.15) is 0 Å². The number of hydrogen-bond donors (Lipinski definition) is 1. The van der Waals surface area contributed by atoms with Crippen LogP contribution in [0.5, 0.6) is 0 Å². The molecule has 0 radical (unpaired) electrons. The second-order valence-corrected chi connectivity index (χ2v) is 8.83. The second-order valence-electron chi connectivity index (χ2n) is 8.83. The molecule has 2 aliphatic heterocycles. The maximum Gasteiger partial charge on any atom is 0.255 e. The highest BCUT2D eigenvalue weighted by Crippen LogP contribution is 2.35. The number of aromatic amines is 1. The first kappa shape index (κ1) is 17.7. The Morgan fingerprint density at radius 1 is 1.11 bits per heavy atom. The number of benzene rings is 1. The fourth-order valence-corrected chi connectivity index (χ4v) is 5.13. The highest BCUT2D eigenvalue weighted by Gasteiger charge is 2.34. The molecule has 5 nitrogen and oxygen atoms in total. The van der Waals surface area contributed by atoms with Gasteiger partial charge in [0.1, 0.15) is 0 Å². The Morgan fingerprint density at radius 2 is 2.00 bits per heavy atom. The Hall–Kier alpha value is -2.37. The van der Waals surface area contributed by atoms with Gasteiger partial charge in [-0.25, -0.2) is 0 Å². The van der Waals surface area contributed by atoms with Crippen LogP contribution in [0.2, 0.25) is 0 Å². The average molecular weight is 377 g/mol.